The van der Waals surface area contributed by atoms with Gasteiger partial charge in [0.05, 0.1) is 18.4 Å². The van der Waals surface area contributed by atoms with Crippen molar-refractivity contribution < 1.29 is 4.74 Å². The zero-order valence-electron chi connectivity index (χ0n) is 14.4. The van der Waals surface area contributed by atoms with Crippen molar-refractivity contribution in [3.8, 4) is 5.75 Å². The number of anilines is 1. The number of nitrogens with zero attached hydrogens (tertiary/aromatic N) is 1. The predicted molar refractivity (Wildman–Crippen MR) is 103 cm³/mol. The number of aromatic amines is 1. The van der Waals surface area contributed by atoms with Crippen LogP contribution < -0.4 is 16.0 Å². The summed E-state index contributed by atoms with van der Waals surface area (Å²) in [7, 11) is 1.64. The number of nitrogens with one attached hydrogen (secondary N) is 1. The minimum atomic E-state index is -0.184. The van der Waals surface area contributed by atoms with E-state index < -0.39 is 0 Å². The number of nitrogens with two attached hydrogens (primary N) is 1. The van der Waals surface area contributed by atoms with Crippen molar-refractivity contribution >= 4 is 17.6 Å². The summed E-state index contributed by atoms with van der Waals surface area (Å²) in [5.41, 5.74) is 10.2. The zero-order valence-corrected chi connectivity index (χ0v) is 14.4. The van der Waals surface area contributed by atoms with Crippen LogP contribution in [0.3, 0.4) is 0 Å². The molecule has 1 aromatic heterocycles. The Hall–Kier alpha value is -3.34. The summed E-state index contributed by atoms with van der Waals surface area (Å²) in [6.45, 7) is 0. The van der Waals surface area contributed by atoms with E-state index in [2.05, 4.69) is 22.1 Å². The van der Waals surface area contributed by atoms with Crippen molar-refractivity contribution in [3.63, 3.8) is 0 Å². The molecule has 0 aliphatic heterocycles. The molecule has 0 radical (unpaired) electrons. The summed E-state index contributed by atoms with van der Waals surface area (Å²) in [5.74, 6) is 0.828. The van der Waals surface area contributed by atoms with Gasteiger partial charge in [0.25, 0.3) is 5.56 Å². The molecule has 2 aromatic carbocycles. The number of benzene rings is 2. The Morgan fingerprint density at radius 1 is 1.12 bits per heavy atom. The van der Waals surface area contributed by atoms with E-state index in [-0.39, 0.29) is 17.4 Å². The monoisotopic (exact) mass is 345 g/mol. The number of nitrogen functional groups attached to an aromatic ring is 1. The van der Waals surface area contributed by atoms with Crippen LogP contribution in [0.4, 0.5) is 5.95 Å². The molecule has 1 heterocycles. The molecule has 0 spiro atoms. The van der Waals surface area contributed by atoms with Crippen molar-refractivity contribution in [1.82, 2.24) is 9.97 Å². The van der Waals surface area contributed by atoms with Gasteiger partial charge in [-0.2, -0.15) is 0 Å². The largest absolute Gasteiger partial charge is 0.497 e. The Kier molecular flexibility index (Phi) is 4.05. The fourth-order valence-corrected chi connectivity index (χ4v) is 3.48. The standard InChI is InChI=1S/C21H19N3O2/c1-26-16-9-7-14(8-10-16)17-11-15(13-5-3-2-4-6-13)12-18-19(17)20(25)24-21(22)23-18/h2-10,12,17H,11H2,1H3,(H3,22,23,24,25). The molecule has 0 saturated heterocycles. The molecule has 130 valence electrons. The summed E-state index contributed by atoms with van der Waals surface area (Å²) in [5, 5.41) is 0. The number of allylic oxidation sites excluding steroid dienone is 1. The summed E-state index contributed by atoms with van der Waals surface area (Å²) in [6, 6.07) is 18.0. The summed E-state index contributed by atoms with van der Waals surface area (Å²) < 4.78 is 5.25. The van der Waals surface area contributed by atoms with E-state index in [1.54, 1.807) is 7.11 Å². The molecule has 1 aliphatic carbocycles. The molecule has 1 aliphatic rings. The van der Waals surface area contributed by atoms with Gasteiger partial charge in [0.15, 0.2) is 0 Å². The number of methoxy groups -OCH3 is 1. The molecule has 0 fully saturated rings. The molecule has 1 atom stereocenters. The lowest BCUT2D eigenvalue weighted by Crippen LogP contribution is -2.24. The van der Waals surface area contributed by atoms with Gasteiger partial charge in [-0.05, 0) is 41.3 Å². The Labute approximate surface area is 151 Å². The first-order valence-corrected chi connectivity index (χ1v) is 8.45. The van der Waals surface area contributed by atoms with Gasteiger partial charge in [-0.3, -0.25) is 9.78 Å². The molecule has 26 heavy (non-hydrogen) atoms. The highest BCUT2D eigenvalue weighted by molar-refractivity contribution is 5.84. The van der Waals surface area contributed by atoms with Crippen LogP contribution in [0.1, 0.15) is 34.7 Å². The highest BCUT2D eigenvalue weighted by Crippen LogP contribution is 2.40. The van der Waals surface area contributed by atoms with Crippen LogP contribution >= 0.6 is 0 Å². The van der Waals surface area contributed by atoms with Crippen LogP contribution in [-0.4, -0.2) is 17.1 Å². The van der Waals surface area contributed by atoms with E-state index in [9.17, 15) is 4.79 Å². The van der Waals surface area contributed by atoms with Gasteiger partial charge >= 0.3 is 0 Å². The molecule has 0 bridgehead atoms. The average molecular weight is 345 g/mol. The lowest BCUT2D eigenvalue weighted by atomic mass is 9.79. The van der Waals surface area contributed by atoms with E-state index in [1.165, 1.54) is 0 Å². The lowest BCUT2D eigenvalue weighted by molar-refractivity contribution is 0.414. The first kappa shape index (κ1) is 16.1. The van der Waals surface area contributed by atoms with Crippen molar-refractivity contribution in [2.24, 2.45) is 0 Å². The fourth-order valence-electron chi connectivity index (χ4n) is 3.48. The maximum absolute atomic E-state index is 12.6. The van der Waals surface area contributed by atoms with Crippen molar-refractivity contribution in [3.05, 3.63) is 87.3 Å². The van der Waals surface area contributed by atoms with Gasteiger partial charge in [0.1, 0.15) is 5.75 Å². The van der Waals surface area contributed by atoms with Crippen LogP contribution in [0.15, 0.2) is 59.4 Å². The van der Waals surface area contributed by atoms with E-state index in [0.717, 1.165) is 28.9 Å². The molecule has 5 nitrogen and oxygen atoms in total. The Morgan fingerprint density at radius 2 is 1.85 bits per heavy atom. The number of fused-ring (bicyclic) bond motifs is 1. The first-order valence-electron chi connectivity index (χ1n) is 8.45. The molecule has 0 saturated carbocycles. The highest BCUT2D eigenvalue weighted by Gasteiger charge is 2.27. The molecular formula is C21H19N3O2. The smallest absolute Gasteiger partial charge is 0.256 e. The van der Waals surface area contributed by atoms with Crippen molar-refractivity contribution in [2.75, 3.05) is 12.8 Å². The summed E-state index contributed by atoms with van der Waals surface area (Å²) >= 11 is 0. The SMILES string of the molecule is COc1ccc(C2CC(c3ccccc3)=Cc3nc(N)[nH]c(=O)c32)cc1. The van der Waals surface area contributed by atoms with Gasteiger partial charge in [0.2, 0.25) is 5.95 Å². The Morgan fingerprint density at radius 3 is 2.54 bits per heavy atom. The van der Waals surface area contributed by atoms with Crippen molar-refractivity contribution in [2.45, 2.75) is 12.3 Å². The third-order valence-corrected chi connectivity index (χ3v) is 4.75. The number of aromatic nitrogens is 2. The van der Waals surface area contributed by atoms with E-state index in [0.29, 0.717) is 11.3 Å². The predicted octanol–water partition coefficient (Wildman–Crippen LogP) is 3.44. The molecule has 3 aromatic rings. The van der Waals surface area contributed by atoms with Crippen LogP contribution in [0.2, 0.25) is 0 Å². The topological polar surface area (TPSA) is 81.0 Å². The third kappa shape index (κ3) is 2.88. The van der Waals surface area contributed by atoms with Crippen LogP contribution in [0, 0.1) is 0 Å². The van der Waals surface area contributed by atoms with Gasteiger partial charge in [-0.1, -0.05) is 42.5 Å². The zero-order chi connectivity index (χ0) is 18.1. The molecule has 5 heteroatoms. The average Bonchev–Trinajstić information content (AvgIpc) is 2.67. The number of hydrogen-bond donors (Lipinski definition) is 2. The first-order chi connectivity index (χ1) is 12.7. The van der Waals surface area contributed by atoms with Crippen LogP contribution in [-0.2, 0) is 0 Å². The maximum Gasteiger partial charge on any atom is 0.256 e. The minimum Gasteiger partial charge on any atom is -0.497 e. The molecule has 4 rings (SSSR count). The lowest BCUT2D eigenvalue weighted by Gasteiger charge is -2.25. The minimum absolute atomic E-state index is 0.0898. The number of ether oxygens (including phenoxy) is 1. The van der Waals surface area contributed by atoms with Gasteiger partial charge in [0, 0.05) is 5.92 Å². The number of hydrogen-bond acceptors (Lipinski definition) is 4. The molecule has 1 unspecified atom stereocenters. The van der Waals surface area contributed by atoms with E-state index >= 15 is 0 Å². The fraction of sp³-hybridized carbons (Fsp3) is 0.143. The number of H-pyrrole nitrogens is 1. The quantitative estimate of drug-likeness (QED) is 0.762. The van der Waals surface area contributed by atoms with E-state index in [4.69, 9.17) is 10.5 Å². The second-order valence-corrected chi connectivity index (χ2v) is 6.32. The van der Waals surface area contributed by atoms with E-state index in [1.807, 2.05) is 48.5 Å². The Balaban J connectivity index is 1.87. The molecular weight excluding hydrogens is 326 g/mol. The highest BCUT2D eigenvalue weighted by atomic mass is 16.5. The Bertz CT molecular complexity index is 1020. The summed E-state index contributed by atoms with van der Waals surface area (Å²) in [6.07, 6.45) is 2.69. The van der Waals surface area contributed by atoms with Gasteiger partial charge in [-0.15, -0.1) is 0 Å². The normalized spacial score (nSPS) is 15.9. The summed E-state index contributed by atoms with van der Waals surface area (Å²) in [4.78, 5) is 19.6. The third-order valence-electron chi connectivity index (χ3n) is 4.75. The van der Waals surface area contributed by atoms with Crippen LogP contribution in [0.5, 0.6) is 5.75 Å². The van der Waals surface area contributed by atoms with Crippen molar-refractivity contribution in [1.29, 1.82) is 0 Å². The number of rotatable bonds is 3. The van der Waals surface area contributed by atoms with Gasteiger partial charge in [-0.25, -0.2) is 4.98 Å². The second kappa shape index (κ2) is 6.52. The van der Waals surface area contributed by atoms with Gasteiger partial charge < -0.3 is 10.5 Å². The maximum atomic E-state index is 12.6. The second-order valence-electron chi connectivity index (χ2n) is 6.32. The van der Waals surface area contributed by atoms with Crippen LogP contribution in [0.25, 0.3) is 11.6 Å². The molecule has 0 amide bonds. The molecule has 3 N–H and O–H groups in total.